The Kier molecular flexibility index (Phi) is 9.98. The minimum absolute atomic E-state index is 0.295. The normalized spacial score (nSPS) is 10.5. The molecule has 0 atom stereocenters. The molecule has 152 valence electrons. The summed E-state index contributed by atoms with van der Waals surface area (Å²) < 4.78 is 51.3. The lowest BCUT2D eigenvalue weighted by atomic mass is 10.2. The summed E-state index contributed by atoms with van der Waals surface area (Å²) in [6, 6.07) is 15.0. The van der Waals surface area contributed by atoms with E-state index in [1.165, 1.54) is 7.14 Å². The molecule has 0 N–H and O–H groups in total. The predicted molar refractivity (Wildman–Crippen MR) is 92.4 cm³/mol. The molecule has 0 aliphatic rings. The van der Waals surface area contributed by atoms with Crippen molar-refractivity contribution in [2.24, 2.45) is 0 Å². The Hall–Kier alpha value is -2.11. The van der Waals surface area contributed by atoms with Gasteiger partial charge in [-0.1, -0.05) is 0 Å². The Bertz CT molecular complexity index is 699. The maximum Gasteiger partial charge on any atom is 0.673 e. The first kappa shape index (κ1) is 23.9. The fourth-order valence-corrected chi connectivity index (χ4v) is 4.01. The van der Waals surface area contributed by atoms with Gasteiger partial charge in [-0.05, 0) is 62.4 Å². The van der Waals surface area contributed by atoms with Crippen LogP contribution in [0.5, 0.6) is 0 Å². The van der Waals surface area contributed by atoms with Crippen LogP contribution in [0, 0.1) is 7.14 Å². The number of ether oxygens (including phenoxy) is 2. The first-order valence-electron chi connectivity index (χ1n) is 8.20. The molecule has 0 radical (unpaired) electrons. The Morgan fingerprint density at radius 3 is 1.29 bits per heavy atom. The zero-order chi connectivity index (χ0) is 21.2. The van der Waals surface area contributed by atoms with E-state index < -0.39 is 7.25 Å². The zero-order valence-electron chi connectivity index (χ0n) is 15.1. The van der Waals surface area contributed by atoms with Crippen LogP contribution in [-0.2, 0) is 9.47 Å². The van der Waals surface area contributed by atoms with Crippen LogP contribution in [-0.4, -0.2) is 32.4 Å². The Morgan fingerprint density at radius 2 is 1.04 bits per heavy atom. The fourth-order valence-electron chi connectivity index (χ4n) is 1.85. The van der Waals surface area contributed by atoms with Crippen molar-refractivity contribution in [3.8, 4) is 0 Å². The van der Waals surface area contributed by atoms with E-state index in [1.807, 2.05) is 24.3 Å². The minimum Gasteiger partial charge on any atom is -0.462 e. The number of esters is 2. The third-order valence-corrected chi connectivity index (χ3v) is 5.61. The number of carbonyl (C=O) groups is 2. The van der Waals surface area contributed by atoms with Crippen LogP contribution in [0.25, 0.3) is 0 Å². The Labute approximate surface area is 170 Å². The van der Waals surface area contributed by atoms with Gasteiger partial charge in [-0.2, -0.15) is 0 Å². The quantitative estimate of drug-likeness (QED) is 0.255. The summed E-state index contributed by atoms with van der Waals surface area (Å²) in [5.74, 6) is -0.591. The summed E-state index contributed by atoms with van der Waals surface area (Å²) in [6.07, 6.45) is 0. The maximum atomic E-state index is 11.6. The molecule has 0 aliphatic carbocycles. The third-order valence-electron chi connectivity index (χ3n) is 2.93. The molecule has 0 spiro atoms. The van der Waals surface area contributed by atoms with E-state index in [0.29, 0.717) is 24.3 Å². The Morgan fingerprint density at radius 1 is 0.750 bits per heavy atom. The average Bonchev–Trinajstić information content (AvgIpc) is 2.62. The second-order valence-electron chi connectivity index (χ2n) is 5.04. The molecule has 2 rings (SSSR count). The topological polar surface area (TPSA) is 52.6 Å². The SMILES string of the molecule is CCOC(=O)c1ccc([I+]c2ccc(C(=O)OCC)cc2)cc1.F[B-](F)(F)F. The smallest absolute Gasteiger partial charge is 0.462 e. The number of hydrogen-bond donors (Lipinski definition) is 0. The van der Waals surface area contributed by atoms with E-state index in [4.69, 9.17) is 9.47 Å². The number of benzene rings is 2. The summed E-state index contributed by atoms with van der Waals surface area (Å²) in [6.45, 7) is 4.33. The van der Waals surface area contributed by atoms with Crippen molar-refractivity contribution < 1.29 is 57.5 Å². The lowest BCUT2D eigenvalue weighted by molar-refractivity contribution is -0.597. The molecule has 0 fully saturated rings. The molecule has 0 aromatic heterocycles. The highest BCUT2D eigenvalue weighted by Gasteiger charge is 2.20. The van der Waals surface area contributed by atoms with Gasteiger partial charge in [0.05, 0.1) is 24.3 Å². The standard InChI is InChI=1S/C18H18IO4.BF4/c1-3-22-17(20)13-5-9-15(10-6-13)19-16-11-7-14(8-12-16)18(21)23-4-2;2-1(3,4)5/h5-12H,3-4H2,1-2H3;/q+1;-1. The number of halogens is 5. The van der Waals surface area contributed by atoms with Gasteiger partial charge < -0.3 is 26.7 Å². The number of hydrogen-bond acceptors (Lipinski definition) is 4. The zero-order valence-corrected chi connectivity index (χ0v) is 17.3. The van der Waals surface area contributed by atoms with Crippen molar-refractivity contribution in [2.75, 3.05) is 13.2 Å². The molecule has 0 bridgehead atoms. The first-order chi connectivity index (χ1) is 13.1. The van der Waals surface area contributed by atoms with Crippen molar-refractivity contribution in [1.82, 2.24) is 0 Å². The summed E-state index contributed by atoms with van der Waals surface area (Å²) in [7, 11) is -6.00. The maximum absolute atomic E-state index is 11.6. The Balaban J connectivity index is 0.000000696. The van der Waals surface area contributed by atoms with Gasteiger partial charge in [-0.15, -0.1) is 0 Å². The second kappa shape index (κ2) is 11.7. The van der Waals surface area contributed by atoms with Crippen LogP contribution in [0.1, 0.15) is 34.6 Å². The van der Waals surface area contributed by atoms with Crippen LogP contribution < -0.4 is 21.2 Å². The van der Waals surface area contributed by atoms with E-state index >= 15 is 0 Å². The highest BCUT2D eigenvalue weighted by molar-refractivity contribution is 6.50. The number of rotatable bonds is 6. The van der Waals surface area contributed by atoms with Crippen molar-refractivity contribution in [1.29, 1.82) is 0 Å². The lowest BCUT2D eigenvalue weighted by Gasteiger charge is -2.00. The first-order valence-corrected chi connectivity index (χ1v) is 10.4. The molecule has 2 aromatic carbocycles. The summed E-state index contributed by atoms with van der Waals surface area (Å²) in [4.78, 5) is 23.2. The highest BCUT2D eigenvalue weighted by Crippen LogP contribution is 2.06. The van der Waals surface area contributed by atoms with E-state index in [9.17, 15) is 26.9 Å². The van der Waals surface area contributed by atoms with Crippen molar-refractivity contribution in [3.05, 3.63) is 66.8 Å². The molecule has 28 heavy (non-hydrogen) atoms. The lowest BCUT2D eigenvalue weighted by Crippen LogP contribution is -3.61. The van der Waals surface area contributed by atoms with Crippen molar-refractivity contribution in [3.63, 3.8) is 0 Å². The third kappa shape index (κ3) is 9.72. The van der Waals surface area contributed by atoms with Gasteiger partial charge in [-0.25, -0.2) is 9.59 Å². The van der Waals surface area contributed by atoms with Crippen LogP contribution in [0.3, 0.4) is 0 Å². The molecule has 0 unspecified atom stereocenters. The molecule has 10 heteroatoms. The summed E-state index contributed by atoms with van der Waals surface area (Å²) in [5.41, 5.74) is 1.13. The summed E-state index contributed by atoms with van der Waals surface area (Å²) >= 11 is -0.357. The van der Waals surface area contributed by atoms with Crippen LogP contribution in [0.15, 0.2) is 48.5 Å². The largest absolute Gasteiger partial charge is 0.673 e. The molecule has 0 saturated heterocycles. The minimum atomic E-state index is -6.00. The fraction of sp³-hybridized carbons (Fsp3) is 0.222. The molecule has 2 aromatic rings. The van der Waals surface area contributed by atoms with Gasteiger partial charge in [0, 0.05) is 0 Å². The monoisotopic (exact) mass is 512 g/mol. The van der Waals surface area contributed by atoms with Gasteiger partial charge in [0.1, 0.15) is 0 Å². The van der Waals surface area contributed by atoms with E-state index in [-0.39, 0.29) is 33.1 Å². The predicted octanol–water partition coefficient (Wildman–Crippen LogP) is 1.47. The molecule has 0 saturated carbocycles. The van der Waals surface area contributed by atoms with E-state index in [2.05, 4.69) is 0 Å². The molecule has 0 amide bonds. The van der Waals surface area contributed by atoms with Crippen molar-refractivity contribution in [2.45, 2.75) is 13.8 Å². The molecule has 4 nitrogen and oxygen atoms in total. The van der Waals surface area contributed by atoms with Gasteiger partial charge in [-0.3, -0.25) is 0 Å². The summed E-state index contributed by atoms with van der Waals surface area (Å²) in [5, 5.41) is 0. The second-order valence-corrected chi connectivity index (χ2v) is 8.07. The van der Waals surface area contributed by atoms with Crippen LogP contribution in [0.2, 0.25) is 0 Å². The van der Waals surface area contributed by atoms with Gasteiger partial charge >= 0.3 is 40.4 Å². The molecular formula is C18H18BF4IO4. The van der Waals surface area contributed by atoms with Gasteiger partial charge in [0.15, 0.2) is 7.14 Å². The number of carbonyl (C=O) groups excluding carboxylic acids is 2. The van der Waals surface area contributed by atoms with E-state index in [1.54, 1.807) is 38.1 Å². The van der Waals surface area contributed by atoms with Crippen LogP contribution in [0.4, 0.5) is 17.3 Å². The molecule has 0 heterocycles. The molecule has 0 aliphatic heterocycles. The van der Waals surface area contributed by atoms with Gasteiger partial charge in [0.25, 0.3) is 0 Å². The van der Waals surface area contributed by atoms with Crippen molar-refractivity contribution >= 4 is 19.2 Å². The molecular weight excluding hydrogens is 494 g/mol. The van der Waals surface area contributed by atoms with Gasteiger partial charge in [0.2, 0.25) is 0 Å². The van der Waals surface area contributed by atoms with E-state index in [0.717, 1.165) is 0 Å². The average molecular weight is 512 g/mol. The van der Waals surface area contributed by atoms with Crippen LogP contribution >= 0.6 is 0 Å². The highest BCUT2D eigenvalue weighted by atomic mass is 127.